The molecule has 0 saturated carbocycles. The summed E-state index contributed by atoms with van der Waals surface area (Å²) in [7, 11) is 0. The van der Waals surface area contributed by atoms with Crippen molar-refractivity contribution in [3.8, 4) is 11.5 Å². The highest BCUT2D eigenvalue weighted by Crippen LogP contribution is 2.47. The summed E-state index contributed by atoms with van der Waals surface area (Å²) in [4.78, 5) is 0. The molecule has 0 fully saturated rings. The lowest BCUT2D eigenvalue weighted by molar-refractivity contribution is 0.253. The zero-order valence-corrected chi connectivity index (χ0v) is 15.5. The SMILES string of the molecule is CC(C)CC(CC(C)(C)C)(c1ccc(O)cc1)c1ccc(O)cc1. The Morgan fingerprint density at radius 1 is 0.750 bits per heavy atom. The van der Waals surface area contributed by atoms with Gasteiger partial charge in [-0.15, -0.1) is 0 Å². The third kappa shape index (κ3) is 4.31. The lowest BCUT2D eigenvalue weighted by Crippen LogP contribution is -2.34. The first-order valence-electron chi connectivity index (χ1n) is 8.71. The van der Waals surface area contributed by atoms with Crippen LogP contribution in [0.4, 0.5) is 0 Å². The van der Waals surface area contributed by atoms with Crippen LogP contribution >= 0.6 is 0 Å². The first-order chi connectivity index (χ1) is 11.1. The maximum Gasteiger partial charge on any atom is 0.115 e. The molecule has 130 valence electrons. The van der Waals surface area contributed by atoms with E-state index in [1.165, 1.54) is 11.1 Å². The quantitative estimate of drug-likeness (QED) is 0.721. The summed E-state index contributed by atoms with van der Waals surface area (Å²) < 4.78 is 0. The molecule has 0 unspecified atom stereocenters. The summed E-state index contributed by atoms with van der Waals surface area (Å²) >= 11 is 0. The molecule has 0 spiro atoms. The highest BCUT2D eigenvalue weighted by molar-refractivity contribution is 5.43. The zero-order valence-electron chi connectivity index (χ0n) is 15.5. The van der Waals surface area contributed by atoms with Gasteiger partial charge >= 0.3 is 0 Å². The van der Waals surface area contributed by atoms with Crippen LogP contribution in [0.5, 0.6) is 11.5 Å². The minimum absolute atomic E-state index is 0.144. The summed E-state index contributed by atoms with van der Waals surface area (Å²) in [6.07, 6.45) is 2.01. The third-order valence-electron chi connectivity index (χ3n) is 4.43. The molecule has 2 nitrogen and oxygen atoms in total. The summed E-state index contributed by atoms with van der Waals surface area (Å²) in [5, 5.41) is 19.4. The predicted molar refractivity (Wildman–Crippen MR) is 101 cm³/mol. The van der Waals surface area contributed by atoms with Crippen molar-refractivity contribution in [1.29, 1.82) is 0 Å². The molecule has 0 aliphatic heterocycles. The van der Waals surface area contributed by atoms with Gasteiger partial charge in [0.2, 0.25) is 0 Å². The molecule has 0 heterocycles. The van der Waals surface area contributed by atoms with E-state index < -0.39 is 0 Å². The van der Waals surface area contributed by atoms with Crippen LogP contribution in [-0.4, -0.2) is 10.2 Å². The van der Waals surface area contributed by atoms with E-state index in [9.17, 15) is 10.2 Å². The highest BCUT2D eigenvalue weighted by Gasteiger charge is 2.38. The van der Waals surface area contributed by atoms with E-state index in [0.29, 0.717) is 17.4 Å². The van der Waals surface area contributed by atoms with Crippen LogP contribution in [0.1, 0.15) is 58.6 Å². The van der Waals surface area contributed by atoms with Gasteiger partial charge in [-0.05, 0) is 59.6 Å². The standard InChI is InChI=1S/C22H30O2/c1-16(2)14-22(15-21(3,4)5,17-6-10-19(23)11-7-17)18-8-12-20(24)13-9-18/h6-13,16,23-24H,14-15H2,1-5H3. The van der Waals surface area contributed by atoms with Gasteiger partial charge in [-0.2, -0.15) is 0 Å². The summed E-state index contributed by atoms with van der Waals surface area (Å²) in [6.45, 7) is 11.3. The smallest absolute Gasteiger partial charge is 0.115 e. The number of hydrogen-bond acceptors (Lipinski definition) is 2. The van der Waals surface area contributed by atoms with E-state index in [1.807, 2.05) is 24.3 Å². The number of phenolic OH excluding ortho intramolecular Hbond substituents is 2. The molecule has 0 aliphatic rings. The van der Waals surface area contributed by atoms with E-state index in [1.54, 1.807) is 24.3 Å². The molecule has 2 heteroatoms. The zero-order chi connectivity index (χ0) is 18.0. The Bertz CT molecular complexity index is 600. The Morgan fingerprint density at radius 3 is 1.42 bits per heavy atom. The van der Waals surface area contributed by atoms with Gasteiger partial charge in [0.25, 0.3) is 0 Å². The topological polar surface area (TPSA) is 40.5 Å². The highest BCUT2D eigenvalue weighted by atomic mass is 16.3. The molecule has 0 aromatic heterocycles. The molecular weight excluding hydrogens is 296 g/mol. The van der Waals surface area contributed by atoms with Gasteiger partial charge in [-0.1, -0.05) is 58.9 Å². The Balaban J connectivity index is 2.67. The first-order valence-corrected chi connectivity index (χ1v) is 8.71. The molecule has 2 aromatic rings. The minimum atomic E-state index is -0.145. The molecule has 0 aliphatic carbocycles. The lowest BCUT2D eigenvalue weighted by Gasteiger charge is -2.41. The Hall–Kier alpha value is -1.96. The Morgan fingerprint density at radius 2 is 1.12 bits per heavy atom. The van der Waals surface area contributed by atoms with Crippen molar-refractivity contribution in [2.45, 2.75) is 52.9 Å². The van der Waals surface area contributed by atoms with E-state index in [-0.39, 0.29) is 10.8 Å². The fraction of sp³-hybridized carbons (Fsp3) is 0.455. The fourth-order valence-corrected chi connectivity index (χ4v) is 3.84. The summed E-state index contributed by atoms with van der Waals surface area (Å²) in [5.74, 6) is 1.10. The monoisotopic (exact) mass is 326 g/mol. The summed E-state index contributed by atoms with van der Waals surface area (Å²) in [6, 6.07) is 15.2. The average molecular weight is 326 g/mol. The third-order valence-corrected chi connectivity index (χ3v) is 4.43. The molecular formula is C22H30O2. The minimum Gasteiger partial charge on any atom is -0.508 e. The van der Waals surface area contributed by atoms with Gasteiger partial charge in [0.15, 0.2) is 0 Å². The van der Waals surface area contributed by atoms with Gasteiger partial charge in [-0.25, -0.2) is 0 Å². The van der Waals surface area contributed by atoms with Crippen LogP contribution in [0.15, 0.2) is 48.5 Å². The second-order valence-corrected chi connectivity index (χ2v) is 8.51. The van der Waals surface area contributed by atoms with E-state index in [2.05, 4.69) is 34.6 Å². The van der Waals surface area contributed by atoms with Crippen LogP contribution in [0, 0.1) is 11.3 Å². The molecule has 2 rings (SSSR count). The molecule has 0 bridgehead atoms. The first kappa shape index (κ1) is 18.4. The lowest BCUT2D eigenvalue weighted by atomic mass is 9.62. The van der Waals surface area contributed by atoms with Gasteiger partial charge in [0, 0.05) is 5.41 Å². The predicted octanol–water partition coefficient (Wildman–Crippen LogP) is 5.87. The number of phenols is 2. The fourth-order valence-electron chi connectivity index (χ4n) is 3.84. The van der Waals surface area contributed by atoms with Crippen LogP contribution in [0.3, 0.4) is 0 Å². The van der Waals surface area contributed by atoms with Crippen molar-refractivity contribution in [1.82, 2.24) is 0 Å². The van der Waals surface area contributed by atoms with Gasteiger partial charge < -0.3 is 10.2 Å². The Kier molecular flexibility index (Phi) is 5.27. The van der Waals surface area contributed by atoms with Gasteiger partial charge in [-0.3, -0.25) is 0 Å². The second kappa shape index (κ2) is 6.88. The second-order valence-electron chi connectivity index (χ2n) is 8.51. The Labute approximate surface area is 146 Å². The number of hydrogen-bond donors (Lipinski definition) is 2. The van der Waals surface area contributed by atoms with Crippen LogP contribution in [0.2, 0.25) is 0 Å². The molecule has 0 amide bonds. The summed E-state index contributed by atoms with van der Waals surface area (Å²) in [5.41, 5.74) is 2.43. The van der Waals surface area contributed by atoms with Crippen molar-refractivity contribution >= 4 is 0 Å². The van der Waals surface area contributed by atoms with Crippen LogP contribution < -0.4 is 0 Å². The van der Waals surface area contributed by atoms with Crippen molar-refractivity contribution < 1.29 is 10.2 Å². The van der Waals surface area contributed by atoms with Crippen molar-refractivity contribution in [2.24, 2.45) is 11.3 Å². The van der Waals surface area contributed by atoms with Crippen LogP contribution in [-0.2, 0) is 5.41 Å². The molecule has 0 radical (unpaired) electrons. The number of aromatic hydroxyl groups is 2. The van der Waals surface area contributed by atoms with Crippen LogP contribution in [0.25, 0.3) is 0 Å². The van der Waals surface area contributed by atoms with E-state index >= 15 is 0 Å². The van der Waals surface area contributed by atoms with Crippen molar-refractivity contribution in [3.63, 3.8) is 0 Å². The maximum atomic E-state index is 9.71. The van der Waals surface area contributed by atoms with Crippen molar-refractivity contribution in [3.05, 3.63) is 59.7 Å². The van der Waals surface area contributed by atoms with Crippen molar-refractivity contribution in [2.75, 3.05) is 0 Å². The number of rotatable bonds is 5. The van der Waals surface area contributed by atoms with Gasteiger partial charge in [0.1, 0.15) is 11.5 Å². The molecule has 2 N–H and O–H groups in total. The van der Waals surface area contributed by atoms with E-state index in [4.69, 9.17) is 0 Å². The van der Waals surface area contributed by atoms with E-state index in [0.717, 1.165) is 12.8 Å². The molecule has 2 aromatic carbocycles. The number of benzene rings is 2. The average Bonchev–Trinajstić information content (AvgIpc) is 2.45. The largest absolute Gasteiger partial charge is 0.508 e. The normalized spacial score (nSPS) is 12.6. The van der Waals surface area contributed by atoms with Gasteiger partial charge in [0.05, 0.1) is 0 Å². The molecule has 24 heavy (non-hydrogen) atoms. The molecule has 0 atom stereocenters. The maximum absolute atomic E-state index is 9.71. The molecule has 0 saturated heterocycles.